The number of para-hydroxylation sites is 3. The Kier molecular flexibility index (Phi) is 6.09. The topological polar surface area (TPSA) is 30.1 Å². The van der Waals surface area contributed by atoms with E-state index in [-0.39, 0.29) is 0 Å². The molecule has 0 aliphatic carbocycles. The Bertz CT molecular complexity index is 2400. The van der Waals surface area contributed by atoms with Crippen LogP contribution in [0.5, 0.6) is 0 Å². The highest BCUT2D eigenvalue weighted by atomic mass is 16.3. The number of fused-ring (bicyclic) bond motifs is 9. The number of hydrogen-bond acceptors (Lipinski definition) is 2. The number of aryl methyl sites for hydroxylation is 1. The van der Waals surface area contributed by atoms with Crippen molar-refractivity contribution in [3.05, 3.63) is 127 Å². The molecule has 216 valence electrons. The third kappa shape index (κ3) is 4.05. The average Bonchev–Trinajstić information content (AvgIpc) is 3.63. The minimum atomic E-state index is 0.734. The fourth-order valence-electron chi connectivity index (χ4n) is 7.62. The van der Waals surface area contributed by atoms with E-state index in [0.29, 0.717) is 0 Å². The summed E-state index contributed by atoms with van der Waals surface area (Å²) in [4.78, 5) is 0. The van der Waals surface area contributed by atoms with Crippen LogP contribution in [0.2, 0.25) is 0 Å². The summed E-state index contributed by atoms with van der Waals surface area (Å²) in [6.07, 6.45) is 4.91. The van der Waals surface area contributed by atoms with E-state index in [0.717, 1.165) is 41.7 Å². The summed E-state index contributed by atoms with van der Waals surface area (Å²) in [6, 6.07) is 44.0. The van der Waals surface area contributed by atoms with Crippen molar-refractivity contribution in [2.24, 2.45) is 0 Å². The van der Waals surface area contributed by atoms with Crippen LogP contribution >= 0.6 is 0 Å². The smallest absolute Gasteiger partial charge is 0.244 e. The maximum absolute atomic E-state index is 6.64. The lowest BCUT2D eigenvalue weighted by Gasteiger charge is -2.23. The van der Waals surface area contributed by atoms with Gasteiger partial charge in [-0.05, 0) is 76.6 Å². The predicted molar refractivity (Wildman–Crippen MR) is 193 cm³/mol. The van der Waals surface area contributed by atoms with Crippen LogP contribution in [0.15, 0.2) is 126 Å². The normalized spacial score (nSPS) is 12.2. The van der Waals surface area contributed by atoms with Gasteiger partial charge in [0.25, 0.3) is 0 Å². The molecule has 45 heavy (non-hydrogen) atoms. The third-order valence-electron chi connectivity index (χ3n) is 9.63. The molecule has 6 aromatic carbocycles. The second kappa shape index (κ2) is 10.5. The Balaban J connectivity index is 1.30. The number of anilines is 2. The van der Waals surface area contributed by atoms with E-state index in [1.165, 1.54) is 79.7 Å². The fraction of sp³-hybridized carbons (Fsp3) is 0.122. The van der Waals surface area contributed by atoms with Crippen molar-refractivity contribution < 1.29 is 4.42 Å². The number of unbranched alkanes of at least 4 members (excludes halogenated alkanes) is 2. The van der Waals surface area contributed by atoms with E-state index in [1.54, 1.807) is 0 Å². The highest BCUT2D eigenvalue weighted by Gasteiger charge is 2.32. The van der Waals surface area contributed by atoms with Gasteiger partial charge in [0.15, 0.2) is 0 Å². The standard InChI is InChI=1S/C41H33BN2O/c1-2-3-4-13-26-22-24-27(25-23-26)43-33-19-10-7-16-30(33)36-28-14-5-6-15-29(28)37-31-17-8-11-20-34(31)44-39-32-18-9-12-21-35(32)45-41(39)42-38(36)40(37)44/h5-12,14-25,42-43H,2-4,13H2,1H3. The maximum atomic E-state index is 6.64. The van der Waals surface area contributed by atoms with Gasteiger partial charge < -0.3 is 14.3 Å². The second-order valence-electron chi connectivity index (χ2n) is 12.3. The fourth-order valence-corrected chi connectivity index (χ4v) is 7.62. The van der Waals surface area contributed by atoms with Gasteiger partial charge in [-0.25, -0.2) is 0 Å². The quantitative estimate of drug-likeness (QED) is 0.150. The van der Waals surface area contributed by atoms with Crippen LogP contribution < -0.4 is 16.4 Å². The molecule has 0 bridgehead atoms. The largest absolute Gasteiger partial charge is 0.469 e. The minimum absolute atomic E-state index is 0.734. The van der Waals surface area contributed by atoms with E-state index < -0.39 is 0 Å². The average molecular weight is 581 g/mol. The summed E-state index contributed by atoms with van der Waals surface area (Å²) in [6.45, 7) is 2.26. The van der Waals surface area contributed by atoms with Gasteiger partial charge >= 0.3 is 0 Å². The Hall–Kier alpha value is -5.22. The highest BCUT2D eigenvalue weighted by Crippen LogP contribution is 2.44. The van der Waals surface area contributed by atoms with Crippen LogP contribution in [0.25, 0.3) is 60.4 Å². The summed E-state index contributed by atoms with van der Waals surface area (Å²) in [7, 11) is 0.734. The van der Waals surface area contributed by atoms with Crippen molar-refractivity contribution in [1.29, 1.82) is 0 Å². The van der Waals surface area contributed by atoms with Gasteiger partial charge in [0.2, 0.25) is 7.28 Å². The van der Waals surface area contributed by atoms with Gasteiger partial charge in [-0.2, -0.15) is 0 Å². The summed E-state index contributed by atoms with van der Waals surface area (Å²) >= 11 is 0. The first-order valence-corrected chi connectivity index (χ1v) is 16.2. The zero-order valence-electron chi connectivity index (χ0n) is 25.4. The number of nitrogens with one attached hydrogen (secondary N) is 1. The lowest BCUT2D eigenvalue weighted by atomic mass is 9.61. The molecule has 8 aromatic rings. The molecule has 0 spiro atoms. The van der Waals surface area contributed by atoms with E-state index in [1.807, 2.05) is 0 Å². The number of furan rings is 1. The molecule has 4 heteroatoms. The van der Waals surface area contributed by atoms with E-state index >= 15 is 0 Å². The highest BCUT2D eigenvalue weighted by molar-refractivity contribution is 6.74. The molecular weight excluding hydrogens is 547 g/mol. The number of hydrogen-bond donors (Lipinski definition) is 1. The lowest BCUT2D eigenvalue weighted by molar-refractivity contribution is 0.650. The van der Waals surface area contributed by atoms with Crippen molar-refractivity contribution in [1.82, 2.24) is 4.57 Å². The summed E-state index contributed by atoms with van der Waals surface area (Å²) < 4.78 is 9.12. The molecule has 3 nitrogen and oxygen atoms in total. The van der Waals surface area contributed by atoms with E-state index in [4.69, 9.17) is 4.42 Å². The zero-order valence-corrected chi connectivity index (χ0v) is 25.4. The number of benzene rings is 6. The predicted octanol–water partition coefficient (Wildman–Crippen LogP) is 9.53. The monoisotopic (exact) mass is 580 g/mol. The summed E-state index contributed by atoms with van der Waals surface area (Å²) in [5.41, 5.74) is 13.0. The molecule has 0 amide bonds. The third-order valence-corrected chi connectivity index (χ3v) is 9.63. The Morgan fingerprint density at radius 3 is 2.24 bits per heavy atom. The SMILES string of the molecule is CCCCCc1ccc(Nc2ccccc2-c2c3c4c(c5ccccc25)c2ccccc2n4-c2c(oc4ccccc24)B3)cc1. The van der Waals surface area contributed by atoms with Gasteiger partial charge in [0, 0.05) is 33.1 Å². The van der Waals surface area contributed by atoms with Crippen molar-refractivity contribution in [2.45, 2.75) is 32.6 Å². The van der Waals surface area contributed by atoms with Crippen LogP contribution in [0.4, 0.5) is 11.4 Å². The number of aromatic nitrogens is 1. The van der Waals surface area contributed by atoms with Crippen LogP contribution in [-0.4, -0.2) is 11.8 Å². The molecule has 3 heterocycles. The first-order valence-electron chi connectivity index (χ1n) is 16.2. The van der Waals surface area contributed by atoms with Gasteiger partial charge in [0.1, 0.15) is 5.58 Å². The lowest BCUT2D eigenvalue weighted by Crippen LogP contribution is -2.36. The van der Waals surface area contributed by atoms with Crippen LogP contribution in [-0.2, 0) is 6.42 Å². The molecule has 1 aliphatic rings. The first kappa shape index (κ1) is 26.2. The molecule has 0 radical (unpaired) electrons. The summed E-state index contributed by atoms with van der Waals surface area (Å²) in [5, 5.41) is 10.1. The second-order valence-corrected chi connectivity index (χ2v) is 12.3. The van der Waals surface area contributed by atoms with Crippen LogP contribution in [0.3, 0.4) is 0 Å². The van der Waals surface area contributed by atoms with E-state index in [2.05, 4.69) is 138 Å². The molecule has 1 aliphatic heterocycles. The Labute approximate surface area is 263 Å². The van der Waals surface area contributed by atoms with Crippen molar-refractivity contribution in [3.8, 4) is 16.8 Å². The van der Waals surface area contributed by atoms with Gasteiger partial charge in [0.05, 0.1) is 22.4 Å². The van der Waals surface area contributed by atoms with E-state index in [9.17, 15) is 0 Å². The Morgan fingerprint density at radius 1 is 0.689 bits per heavy atom. The van der Waals surface area contributed by atoms with Crippen LogP contribution in [0, 0.1) is 0 Å². The number of rotatable bonds is 7. The molecule has 0 saturated heterocycles. The van der Waals surface area contributed by atoms with Crippen molar-refractivity contribution in [3.63, 3.8) is 0 Å². The van der Waals surface area contributed by atoms with Gasteiger partial charge in [-0.15, -0.1) is 0 Å². The molecule has 0 atom stereocenters. The molecule has 2 aromatic heterocycles. The molecule has 0 unspecified atom stereocenters. The molecule has 0 fully saturated rings. The van der Waals surface area contributed by atoms with Gasteiger partial charge in [-0.1, -0.05) is 105 Å². The molecular formula is C41H33BN2O. The Morgan fingerprint density at radius 2 is 1.40 bits per heavy atom. The zero-order chi connectivity index (χ0) is 29.9. The first-order chi connectivity index (χ1) is 22.3. The maximum Gasteiger partial charge on any atom is 0.244 e. The van der Waals surface area contributed by atoms with Crippen molar-refractivity contribution in [2.75, 3.05) is 5.32 Å². The molecule has 9 rings (SSSR count). The molecule has 0 saturated carbocycles. The molecule has 1 N–H and O–H groups in total. The minimum Gasteiger partial charge on any atom is -0.469 e. The number of nitrogens with zero attached hydrogens (tertiary/aromatic N) is 1. The van der Waals surface area contributed by atoms with Gasteiger partial charge in [-0.3, -0.25) is 0 Å². The van der Waals surface area contributed by atoms with Crippen molar-refractivity contribution >= 4 is 73.3 Å². The van der Waals surface area contributed by atoms with Crippen LogP contribution in [0.1, 0.15) is 31.7 Å². The summed E-state index contributed by atoms with van der Waals surface area (Å²) in [5.74, 6) is 0.